The molecule has 0 aliphatic heterocycles. The Hall–Kier alpha value is -1.70. The van der Waals surface area contributed by atoms with Gasteiger partial charge >= 0.3 is 5.97 Å². The normalized spacial score (nSPS) is 12.1. The molecule has 0 aliphatic rings. The first kappa shape index (κ1) is 16.4. The molecule has 0 aromatic heterocycles. The van der Waals surface area contributed by atoms with E-state index in [1.165, 1.54) is 19.2 Å². The summed E-state index contributed by atoms with van der Waals surface area (Å²) in [6.45, 7) is 0. The zero-order valence-electron chi connectivity index (χ0n) is 10.4. The minimum Gasteiger partial charge on any atom is -0.497 e. The number of amides is 1. The number of carbonyl (C=O) groups is 2. The van der Waals surface area contributed by atoms with Crippen molar-refractivity contribution in [3.8, 4) is 5.75 Å². The monoisotopic (exact) mass is 351 g/mol. The van der Waals surface area contributed by atoms with Crippen LogP contribution < -0.4 is 10.1 Å². The Morgan fingerprint density at radius 2 is 2.10 bits per heavy atom. The van der Waals surface area contributed by atoms with Gasteiger partial charge in [-0.2, -0.15) is 0 Å². The average molecular weight is 352 g/mol. The van der Waals surface area contributed by atoms with Crippen LogP contribution in [0.5, 0.6) is 5.75 Å². The van der Waals surface area contributed by atoms with E-state index in [1.54, 1.807) is 6.07 Å². The van der Waals surface area contributed by atoms with Gasteiger partial charge < -0.3 is 15.2 Å². The predicted octanol–water partition coefficient (Wildman–Crippen LogP) is 2.30. The molecule has 0 fully saturated rings. The van der Waals surface area contributed by atoms with Crippen molar-refractivity contribution in [3.63, 3.8) is 0 Å². The summed E-state index contributed by atoms with van der Waals surface area (Å²) in [5.74, 6) is -1.90. The molecule has 110 valence electrons. The molecule has 1 unspecified atom stereocenters. The second kappa shape index (κ2) is 7.18. The first-order valence-electron chi connectivity index (χ1n) is 5.50. The number of hydrogen-bond donors (Lipinski definition) is 2. The van der Waals surface area contributed by atoms with Crippen LogP contribution in [-0.4, -0.2) is 36.6 Å². The minimum atomic E-state index is -2.83. The number of hydrogen-bond acceptors (Lipinski definition) is 3. The molecule has 0 heterocycles. The highest BCUT2D eigenvalue weighted by Gasteiger charge is 2.25. The summed E-state index contributed by atoms with van der Waals surface area (Å²) in [5, 5.41) is 10.9. The van der Waals surface area contributed by atoms with E-state index in [0.29, 0.717) is 10.2 Å². The minimum absolute atomic E-state index is 0.102. The van der Waals surface area contributed by atoms with Crippen molar-refractivity contribution in [2.75, 3.05) is 7.11 Å². The van der Waals surface area contributed by atoms with E-state index in [2.05, 4.69) is 21.2 Å². The third-order valence-corrected chi connectivity index (χ3v) is 3.13. The maximum Gasteiger partial charge on any atom is 0.326 e. The molecule has 1 aromatic carbocycles. The van der Waals surface area contributed by atoms with Crippen molar-refractivity contribution in [2.24, 2.45) is 0 Å². The number of alkyl halides is 2. The van der Waals surface area contributed by atoms with Gasteiger partial charge in [0, 0.05) is 10.9 Å². The van der Waals surface area contributed by atoms with Crippen LogP contribution in [0.3, 0.4) is 0 Å². The number of benzene rings is 1. The van der Waals surface area contributed by atoms with Crippen LogP contribution in [-0.2, 0) is 4.79 Å². The Morgan fingerprint density at radius 1 is 1.45 bits per heavy atom. The van der Waals surface area contributed by atoms with Crippen molar-refractivity contribution >= 4 is 27.8 Å². The summed E-state index contributed by atoms with van der Waals surface area (Å²) in [6, 6.07) is 2.85. The maximum atomic E-state index is 12.3. The van der Waals surface area contributed by atoms with Gasteiger partial charge in [0.1, 0.15) is 11.8 Å². The molecular weight excluding hydrogens is 340 g/mol. The summed E-state index contributed by atoms with van der Waals surface area (Å²) in [5.41, 5.74) is 0.102. The van der Waals surface area contributed by atoms with E-state index in [9.17, 15) is 18.4 Å². The zero-order chi connectivity index (χ0) is 15.3. The predicted molar refractivity (Wildman–Crippen MR) is 70.2 cm³/mol. The van der Waals surface area contributed by atoms with E-state index in [1.807, 2.05) is 0 Å². The summed E-state index contributed by atoms with van der Waals surface area (Å²) < 4.78 is 29.8. The Morgan fingerprint density at radius 3 is 2.60 bits per heavy atom. The molecule has 2 N–H and O–H groups in total. The first-order chi connectivity index (χ1) is 9.35. The van der Waals surface area contributed by atoms with E-state index in [0.717, 1.165) is 0 Å². The van der Waals surface area contributed by atoms with Gasteiger partial charge in [-0.15, -0.1) is 0 Å². The lowest BCUT2D eigenvalue weighted by Gasteiger charge is -2.15. The number of carboxylic acid groups (broad SMARTS) is 1. The fourth-order valence-electron chi connectivity index (χ4n) is 1.44. The molecule has 0 bridgehead atoms. The lowest BCUT2D eigenvalue weighted by atomic mass is 10.1. The third kappa shape index (κ3) is 4.44. The number of carbonyl (C=O) groups excluding carboxylic acids is 1. The highest BCUT2D eigenvalue weighted by molar-refractivity contribution is 9.10. The molecule has 1 atom stereocenters. The Balaban J connectivity index is 2.91. The lowest BCUT2D eigenvalue weighted by molar-refractivity contribution is -0.140. The second-order valence-electron chi connectivity index (χ2n) is 3.84. The summed E-state index contributed by atoms with van der Waals surface area (Å²) in [4.78, 5) is 22.8. The van der Waals surface area contributed by atoms with Crippen LogP contribution in [0.4, 0.5) is 8.78 Å². The van der Waals surface area contributed by atoms with Crippen molar-refractivity contribution in [1.29, 1.82) is 0 Å². The molecule has 0 saturated carbocycles. The highest BCUT2D eigenvalue weighted by atomic mass is 79.9. The molecule has 8 heteroatoms. The third-order valence-electron chi connectivity index (χ3n) is 2.44. The van der Waals surface area contributed by atoms with Gasteiger partial charge in [-0.3, -0.25) is 4.79 Å². The number of methoxy groups -OCH3 is 1. The fraction of sp³-hybridized carbons (Fsp3) is 0.333. The van der Waals surface area contributed by atoms with E-state index in [4.69, 9.17) is 9.84 Å². The van der Waals surface area contributed by atoms with Crippen molar-refractivity contribution < 1.29 is 28.2 Å². The number of ether oxygens (including phenoxy) is 1. The second-order valence-corrected chi connectivity index (χ2v) is 4.69. The highest BCUT2D eigenvalue weighted by Crippen LogP contribution is 2.22. The Labute approximate surface area is 122 Å². The molecule has 1 amide bonds. The molecule has 0 saturated heterocycles. The van der Waals surface area contributed by atoms with Gasteiger partial charge in [-0.1, -0.05) is 0 Å². The molecule has 5 nitrogen and oxygen atoms in total. The standard InChI is InChI=1S/C12H12BrF2NO4/c1-20-6-2-3-8(13)7(4-6)11(17)16-9(12(18)19)5-10(14)15/h2-4,9-10H,5H2,1H3,(H,16,17)(H,18,19). The van der Waals surface area contributed by atoms with Crippen LogP contribution in [0, 0.1) is 0 Å². The molecule has 1 aromatic rings. The Kier molecular flexibility index (Phi) is 5.87. The van der Waals surface area contributed by atoms with Crippen LogP contribution in [0.25, 0.3) is 0 Å². The van der Waals surface area contributed by atoms with Crippen molar-refractivity contribution in [1.82, 2.24) is 5.32 Å². The average Bonchev–Trinajstić information content (AvgIpc) is 2.37. The number of carboxylic acids is 1. The number of aliphatic carboxylic acids is 1. The van der Waals surface area contributed by atoms with Crippen LogP contribution in [0.2, 0.25) is 0 Å². The van der Waals surface area contributed by atoms with Crippen molar-refractivity contribution in [3.05, 3.63) is 28.2 Å². The van der Waals surface area contributed by atoms with Gasteiger partial charge in [-0.25, -0.2) is 13.6 Å². The molecule has 0 spiro atoms. The summed E-state index contributed by atoms with van der Waals surface area (Å²) in [6.07, 6.45) is -3.78. The van der Waals surface area contributed by atoms with E-state index in [-0.39, 0.29) is 5.56 Å². The van der Waals surface area contributed by atoms with Gasteiger partial charge in [0.15, 0.2) is 0 Å². The van der Waals surface area contributed by atoms with Crippen LogP contribution in [0.15, 0.2) is 22.7 Å². The molecule has 1 rings (SSSR count). The molecular formula is C12H12BrF2NO4. The zero-order valence-corrected chi connectivity index (χ0v) is 12.0. The summed E-state index contributed by atoms with van der Waals surface area (Å²) in [7, 11) is 1.40. The quantitative estimate of drug-likeness (QED) is 0.824. The van der Waals surface area contributed by atoms with Gasteiger partial charge in [-0.05, 0) is 34.1 Å². The van der Waals surface area contributed by atoms with Gasteiger partial charge in [0.25, 0.3) is 5.91 Å². The molecule has 20 heavy (non-hydrogen) atoms. The summed E-state index contributed by atoms with van der Waals surface area (Å²) >= 11 is 3.13. The lowest BCUT2D eigenvalue weighted by Crippen LogP contribution is -2.42. The maximum absolute atomic E-state index is 12.3. The number of nitrogens with one attached hydrogen (secondary N) is 1. The molecule has 0 aliphatic carbocycles. The number of rotatable bonds is 6. The fourth-order valence-corrected chi connectivity index (χ4v) is 1.87. The van der Waals surface area contributed by atoms with E-state index < -0.39 is 30.8 Å². The van der Waals surface area contributed by atoms with Crippen LogP contribution in [0.1, 0.15) is 16.8 Å². The van der Waals surface area contributed by atoms with E-state index >= 15 is 0 Å². The molecule has 0 radical (unpaired) electrons. The van der Waals surface area contributed by atoms with Gasteiger partial charge in [0.2, 0.25) is 6.43 Å². The van der Waals surface area contributed by atoms with Crippen molar-refractivity contribution in [2.45, 2.75) is 18.9 Å². The van der Waals surface area contributed by atoms with Gasteiger partial charge in [0.05, 0.1) is 12.7 Å². The topological polar surface area (TPSA) is 75.6 Å². The largest absolute Gasteiger partial charge is 0.497 e. The SMILES string of the molecule is COc1ccc(Br)c(C(=O)NC(CC(F)F)C(=O)O)c1. The Bertz CT molecular complexity index is 510. The number of halogens is 3. The first-order valence-corrected chi connectivity index (χ1v) is 6.29. The smallest absolute Gasteiger partial charge is 0.326 e. The van der Waals surface area contributed by atoms with Crippen LogP contribution >= 0.6 is 15.9 Å².